The Kier molecular flexibility index (Phi) is 4.67. The number of nitrogens with one attached hydrogen (secondary N) is 1. The first-order valence-electron chi connectivity index (χ1n) is 9.29. The van der Waals surface area contributed by atoms with Gasteiger partial charge in [0.05, 0.1) is 6.54 Å². The van der Waals surface area contributed by atoms with Crippen molar-refractivity contribution in [3.8, 4) is 0 Å². The van der Waals surface area contributed by atoms with E-state index in [0.29, 0.717) is 21.1 Å². The summed E-state index contributed by atoms with van der Waals surface area (Å²) in [4.78, 5) is 18.8. The van der Waals surface area contributed by atoms with Gasteiger partial charge in [-0.15, -0.1) is 0 Å². The van der Waals surface area contributed by atoms with Gasteiger partial charge in [0, 0.05) is 47.6 Å². The molecule has 3 aliphatic rings. The van der Waals surface area contributed by atoms with Crippen molar-refractivity contribution < 1.29 is 4.79 Å². The molecule has 2 saturated carbocycles. The Balaban J connectivity index is 1.26. The molecule has 1 N–H and O–H groups in total. The van der Waals surface area contributed by atoms with Crippen molar-refractivity contribution in [2.45, 2.75) is 44.1 Å². The fourth-order valence-electron chi connectivity index (χ4n) is 4.56. The number of carbonyl (C=O) groups excluding carboxylic acids is 1. The van der Waals surface area contributed by atoms with Gasteiger partial charge in [-0.3, -0.25) is 9.69 Å². The SMILES string of the molecule is [C-]#[N+]C1(CN2CC3(CCC(C(=O)Nc4cc(Cl)cc(Cl)c4)CC3)C2)CC1. The first-order valence-corrected chi connectivity index (χ1v) is 10.0. The number of hydrogen-bond donors (Lipinski definition) is 1. The zero-order chi connectivity index (χ0) is 18.4. The van der Waals surface area contributed by atoms with Crippen LogP contribution in [-0.4, -0.2) is 36.0 Å². The van der Waals surface area contributed by atoms with Crippen LogP contribution in [0.5, 0.6) is 0 Å². The Morgan fingerprint density at radius 1 is 1.15 bits per heavy atom. The monoisotopic (exact) mass is 391 g/mol. The van der Waals surface area contributed by atoms with Crippen molar-refractivity contribution in [3.05, 3.63) is 39.7 Å². The third kappa shape index (κ3) is 3.71. The maximum Gasteiger partial charge on any atom is 0.245 e. The third-order valence-electron chi connectivity index (χ3n) is 6.25. The lowest BCUT2D eigenvalue weighted by molar-refractivity contribution is -0.123. The van der Waals surface area contributed by atoms with Crippen LogP contribution in [0.15, 0.2) is 18.2 Å². The zero-order valence-corrected chi connectivity index (χ0v) is 16.2. The fourth-order valence-corrected chi connectivity index (χ4v) is 5.08. The van der Waals surface area contributed by atoms with Crippen LogP contribution >= 0.6 is 23.2 Å². The van der Waals surface area contributed by atoms with E-state index in [1.165, 1.54) is 0 Å². The van der Waals surface area contributed by atoms with Gasteiger partial charge in [0.1, 0.15) is 0 Å². The number of amides is 1. The smallest absolute Gasteiger partial charge is 0.245 e. The van der Waals surface area contributed by atoms with E-state index in [-0.39, 0.29) is 17.4 Å². The van der Waals surface area contributed by atoms with Crippen LogP contribution in [0.2, 0.25) is 10.0 Å². The lowest BCUT2D eigenvalue weighted by Crippen LogP contribution is -2.59. The highest BCUT2D eigenvalue weighted by Crippen LogP contribution is 2.49. The van der Waals surface area contributed by atoms with E-state index in [9.17, 15) is 4.79 Å². The molecule has 1 aliphatic heterocycles. The second-order valence-corrected chi connectivity index (χ2v) is 9.28. The standard InChI is InChI=1S/C20H23Cl2N3O/c1-23-20(6-7-20)13-25-11-19(12-25)4-2-14(3-5-19)18(26)24-17-9-15(21)8-16(22)10-17/h8-10,14H,2-7,11-13H2,(H,24,26). The average Bonchev–Trinajstić information content (AvgIpc) is 3.33. The van der Waals surface area contributed by atoms with Crippen molar-refractivity contribution in [1.82, 2.24) is 4.90 Å². The molecule has 4 rings (SSSR count). The minimum atomic E-state index is -0.0586. The molecule has 0 atom stereocenters. The van der Waals surface area contributed by atoms with Crippen LogP contribution in [0.1, 0.15) is 38.5 Å². The van der Waals surface area contributed by atoms with E-state index in [1.807, 2.05) is 0 Å². The zero-order valence-electron chi connectivity index (χ0n) is 14.7. The van der Waals surface area contributed by atoms with Crippen LogP contribution in [0, 0.1) is 17.9 Å². The molecule has 0 radical (unpaired) electrons. The van der Waals surface area contributed by atoms with Gasteiger partial charge in [0.25, 0.3) is 0 Å². The minimum absolute atomic E-state index is 0.0586. The van der Waals surface area contributed by atoms with Gasteiger partial charge in [-0.05, 0) is 49.3 Å². The van der Waals surface area contributed by atoms with Crippen molar-refractivity contribution >= 4 is 34.8 Å². The van der Waals surface area contributed by atoms with Crippen molar-refractivity contribution in [1.29, 1.82) is 0 Å². The molecule has 0 bridgehead atoms. The van der Waals surface area contributed by atoms with E-state index in [0.717, 1.165) is 58.2 Å². The Bertz CT molecular complexity index is 733. The van der Waals surface area contributed by atoms with E-state index in [2.05, 4.69) is 15.1 Å². The van der Waals surface area contributed by atoms with Gasteiger partial charge in [0.15, 0.2) is 0 Å². The van der Waals surface area contributed by atoms with E-state index in [1.54, 1.807) is 18.2 Å². The number of benzene rings is 1. The summed E-state index contributed by atoms with van der Waals surface area (Å²) >= 11 is 12.0. The van der Waals surface area contributed by atoms with Gasteiger partial charge >= 0.3 is 0 Å². The Hall–Kier alpha value is -1.28. The molecule has 0 unspecified atom stereocenters. The molecular weight excluding hydrogens is 369 g/mol. The maximum atomic E-state index is 12.6. The number of halogens is 2. The van der Waals surface area contributed by atoms with Crippen LogP contribution in [-0.2, 0) is 4.79 Å². The second-order valence-electron chi connectivity index (χ2n) is 8.40. The molecule has 1 heterocycles. The van der Waals surface area contributed by atoms with Crippen molar-refractivity contribution in [3.63, 3.8) is 0 Å². The summed E-state index contributed by atoms with van der Waals surface area (Å²) in [6.07, 6.45) is 6.20. The number of anilines is 1. The van der Waals surface area contributed by atoms with Crippen LogP contribution in [0.4, 0.5) is 5.69 Å². The summed E-state index contributed by atoms with van der Waals surface area (Å²) in [6, 6.07) is 5.11. The molecule has 1 amide bonds. The maximum absolute atomic E-state index is 12.6. The number of nitrogens with zero attached hydrogens (tertiary/aromatic N) is 2. The molecule has 4 nitrogen and oxygen atoms in total. The Labute approximate surface area is 164 Å². The predicted octanol–water partition coefficient (Wildman–Crippen LogP) is 4.88. The minimum Gasteiger partial charge on any atom is -0.326 e. The third-order valence-corrected chi connectivity index (χ3v) is 6.68. The molecular formula is C20H23Cl2N3O. The fraction of sp³-hybridized carbons (Fsp3) is 0.600. The van der Waals surface area contributed by atoms with Gasteiger partial charge in [-0.2, -0.15) is 0 Å². The molecule has 3 fully saturated rings. The molecule has 6 heteroatoms. The quantitative estimate of drug-likeness (QED) is 0.742. The summed E-state index contributed by atoms with van der Waals surface area (Å²) < 4.78 is 0. The van der Waals surface area contributed by atoms with E-state index >= 15 is 0 Å². The van der Waals surface area contributed by atoms with Crippen LogP contribution in [0.25, 0.3) is 4.85 Å². The van der Waals surface area contributed by atoms with Crippen LogP contribution < -0.4 is 5.32 Å². The molecule has 26 heavy (non-hydrogen) atoms. The predicted molar refractivity (Wildman–Crippen MR) is 104 cm³/mol. The summed E-state index contributed by atoms with van der Waals surface area (Å²) in [5, 5.41) is 4.01. The summed E-state index contributed by atoms with van der Waals surface area (Å²) in [5.41, 5.74) is 0.988. The molecule has 1 aromatic carbocycles. The van der Waals surface area contributed by atoms with Gasteiger partial charge < -0.3 is 10.2 Å². The number of hydrogen-bond acceptors (Lipinski definition) is 2. The molecule has 0 aromatic heterocycles. The Morgan fingerprint density at radius 3 is 2.31 bits per heavy atom. The Morgan fingerprint density at radius 2 is 1.77 bits per heavy atom. The first-order chi connectivity index (χ1) is 12.4. The second kappa shape index (κ2) is 6.71. The molecule has 1 aromatic rings. The summed E-state index contributed by atoms with van der Waals surface area (Å²) in [6.45, 7) is 10.5. The highest BCUT2D eigenvalue weighted by Gasteiger charge is 2.55. The van der Waals surface area contributed by atoms with E-state index in [4.69, 9.17) is 29.8 Å². The summed E-state index contributed by atoms with van der Waals surface area (Å²) in [5.74, 6) is 0.129. The van der Waals surface area contributed by atoms with Crippen molar-refractivity contribution in [2.24, 2.45) is 11.3 Å². The lowest BCUT2D eigenvalue weighted by atomic mass is 9.65. The average molecular weight is 392 g/mol. The molecule has 138 valence electrons. The highest BCUT2D eigenvalue weighted by atomic mass is 35.5. The van der Waals surface area contributed by atoms with Gasteiger partial charge in [-0.1, -0.05) is 23.2 Å². The highest BCUT2D eigenvalue weighted by molar-refractivity contribution is 6.35. The van der Waals surface area contributed by atoms with Crippen LogP contribution in [0.3, 0.4) is 0 Å². The lowest BCUT2D eigenvalue weighted by Gasteiger charge is -2.53. The van der Waals surface area contributed by atoms with Gasteiger partial charge in [-0.25, -0.2) is 6.57 Å². The van der Waals surface area contributed by atoms with E-state index < -0.39 is 0 Å². The summed E-state index contributed by atoms with van der Waals surface area (Å²) in [7, 11) is 0. The molecule has 1 spiro atoms. The van der Waals surface area contributed by atoms with Gasteiger partial charge in [0.2, 0.25) is 11.4 Å². The number of carbonyl (C=O) groups is 1. The number of likely N-dealkylation sites (tertiary alicyclic amines) is 1. The first kappa shape index (κ1) is 18.1. The largest absolute Gasteiger partial charge is 0.326 e. The van der Waals surface area contributed by atoms with Crippen molar-refractivity contribution in [2.75, 3.05) is 25.0 Å². The number of rotatable bonds is 4. The molecule has 1 saturated heterocycles. The molecule has 2 aliphatic carbocycles. The normalized spacial score (nSPS) is 23.9. The topological polar surface area (TPSA) is 36.7 Å².